The topological polar surface area (TPSA) is 17.1 Å². The Balaban J connectivity index is 2.12. The summed E-state index contributed by atoms with van der Waals surface area (Å²) in [6, 6.07) is 17.2. The molecule has 0 saturated heterocycles. The van der Waals surface area contributed by atoms with E-state index in [-0.39, 0.29) is 5.78 Å². The molecule has 1 heteroatoms. The molecule has 0 radical (unpaired) electrons. The zero-order valence-corrected chi connectivity index (χ0v) is 11.2. The number of carbonyl (C=O) groups excluding carboxylic acids is 1. The maximum Gasteiger partial charge on any atom is 0.167 e. The van der Waals surface area contributed by atoms with Crippen LogP contribution in [0.3, 0.4) is 0 Å². The summed E-state index contributed by atoms with van der Waals surface area (Å²) in [5.41, 5.74) is 4.61. The molecule has 21 heavy (non-hydrogen) atoms. The van der Waals surface area contributed by atoms with Gasteiger partial charge in [-0.25, -0.2) is 0 Å². The van der Waals surface area contributed by atoms with Crippen molar-refractivity contribution in [2.75, 3.05) is 0 Å². The summed E-state index contributed by atoms with van der Waals surface area (Å²) >= 11 is 0. The fourth-order valence-corrected chi connectivity index (χ4v) is 4.29. The van der Waals surface area contributed by atoms with Crippen molar-refractivity contribution in [1.29, 1.82) is 0 Å². The molecule has 0 aliphatic heterocycles. The summed E-state index contributed by atoms with van der Waals surface area (Å²) in [5, 5.41) is 7.78. The van der Waals surface area contributed by atoms with Crippen LogP contribution < -0.4 is 0 Å². The van der Waals surface area contributed by atoms with E-state index in [9.17, 15) is 4.79 Å². The molecule has 6 rings (SSSR count). The van der Waals surface area contributed by atoms with Gasteiger partial charge in [-0.15, -0.1) is 0 Å². The lowest BCUT2D eigenvalue weighted by molar-refractivity contribution is 0.0992. The Bertz CT molecular complexity index is 1160. The molecule has 0 saturated carbocycles. The summed E-state index contributed by atoms with van der Waals surface area (Å²) < 4.78 is 0. The molecular formula is C20H10O. The molecule has 96 valence electrons. The first-order valence-corrected chi connectivity index (χ1v) is 7.30. The SMILES string of the molecule is O=C1Cc2ccc3ccc4ccc5ccc1c1c5c4c3c2-1. The van der Waals surface area contributed by atoms with Gasteiger partial charge in [0.25, 0.3) is 0 Å². The first-order valence-electron chi connectivity index (χ1n) is 7.30. The van der Waals surface area contributed by atoms with Gasteiger partial charge in [0.1, 0.15) is 0 Å². The van der Waals surface area contributed by atoms with Crippen molar-refractivity contribution < 1.29 is 4.79 Å². The maximum absolute atomic E-state index is 12.5. The first-order chi connectivity index (χ1) is 10.3. The Morgan fingerprint density at radius 2 is 1.19 bits per heavy atom. The third-order valence-electron chi connectivity index (χ3n) is 5.14. The number of hydrogen-bond donors (Lipinski definition) is 0. The van der Waals surface area contributed by atoms with Crippen molar-refractivity contribution >= 4 is 38.1 Å². The molecule has 0 unspecified atom stereocenters. The molecule has 0 amide bonds. The number of hydrogen-bond acceptors (Lipinski definition) is 1. The van der Waals surface area contributed by atoms with Crippen LogP contribution in [0.1, 0.15) is 15.9 Å². The predicted octanol–water partition coefficient (Wildman–Crippen LogP) is 4.87. The zero-order chi connectivity index (χ0) is 13.7. The van der Waals surface area contributed by atoms with Crippen LogP contribution in [0.15, 0.2) is 48.5 Å². The average Bonchev–Trinajstić information content (AvgIpc) is 2.88. The van der Waals surface area contributed by atoms with E-state index in [0.29, 0.717) is 6.42 Å². The monoisotopic (exact) mass is 266 g/mol. The summed E-state index contributed by atoms with van der Waals surface area (Å²) in [7, 11) is 0. The van der Waals surface area contributed by atoms with Crippen molar-refractivity contribution in [2.24, 2.45) is 0 Å². The van der Waals surface area contributed by atoms with Crippen LogP contribution >= 0.6 is 0 Å². The fourth-order valence-electron chi connectivity index (χ4n) is 4.29. The van der Waals surface area contributed by atoms with Crippen LogP contribution in [0.5, 0.6) is 0 Å². The van der Waals surface area contributed by atoms with Crippen LogP contribution in [0.4, 0.5) is 0 Å². The van der Waals surface area contributed by atoms with Crippen molar-refractivity contribution in [1.82, 2.24) is 0 Å². The van der Waals surface area contributed by atoms with Crippen molar-refractivity contribution in [2.45, 2.75) is 6.42 Å². The molecular weight excluding hydrogens is 256 g/mol. The highest BCUT2D eigenvalue weighted by molar-refractivity contribution is 6.36. The first kappa shape index (κ1) is 10.1. The standard InChI is InChI=1S/C20H10O/c21-15-9-13-6-5-11-2-1-10-3-4-12-7-8-14(15)20-18(12)16(10)17(11)19(13)20/h1-8H,9H2. The summed E-state index contributed by atoms with van der Waals surface area (Å²) in [6.07, 6.45) is 0.536. The lowest BCUT2D eigenvalue weighted by Crippen LogP contribution is -2.11. The van der Waals surface area contributed by atoms with Gasteiger partial charge in [0.2, 0.25) is 0 Å². The Labute approximate surface area is 120 Å². The minimum absolute atomic E-state index is 0.253. The van der Waals surface area contributed by atoms with Crippen molar-refractivity contribution in [3.05, 3.63) is 59.7 Å². The zero-order valence-electron chi connectivity index (χ0n) is 11.2. The molecule has 0 aromatic heterocycles. The second-order valence-corrected chi connectivity index (χ2v) is 6.11. The number of rotatable bonds is 0. The molecule has 0 spiro atoms. The van der Waals surface area contributed by atoms with Gasteiger partial charge in [-0.3, -0.25) is 4.79 Å². The Hall–Kier alpha value is -2.67. The van der Waals surface area contributed by atoms with E-state index in [4.69, 9.17) is 0 Å². The average molecular weight is 266 g/mol. The van der Waals surface area contributed by atoms with Crippen molar-refractivity contribution in [3.63, 3.8) is 0 Å². The van der Waals surface area contributed by atoms with Gasteiger partial charge in [-0.1, -0.05) is 48.5 Å². The Morgan fingerprint density at radius 1 is 0.619 bits per heavy atom. The molecule has 4 aromatic rings. The van der Waals surface area contributed by atoms with Gasteiger partial charge >= 0.3 is 0 Å². The van der Waals surface area contributed by atoms with Gasteiger partial charge in [-0.2, -0.15) is 0 Å². The molecule has 2 aliphatic carbocycles. The van der Waals surface area contributed by atoms with E-state index in [1.807, 2.05) is 6.07 Å². The molecule has 0 bridgehead atoms. The smallest absolute Gasteiger partial charge is 0.167 e. The third kappa shape index (κ3) is 0.954. The number of ketones is 1. The fraction of sp³-hybridized carbons (Fsp3) is 0.0500. The van der Waals surface area contributed by atoms with Crippen LogP contribution in [-0.2, 0) is 6.42 Å². The number of carbonyl (C=O) groups is 1. The van der Waals surface area contributed by atoms with E-state index in [1.54, 1.807) is 0 Å². The van der Waals surface area contributed by atoms with Gasteiger partial charge in [0, 0.05) is 17.5 Å². The minimum Gasteiger partial charge on any atom is -0.294 e. The van der Waals surface area contributed by atoms with Crippen LogP contribution in [-0.4, -0.2) is 5.78 Å². The third-order valence-corrected chi connectivity index (χ3v) is 5.14. The highest BCUT2D eigenvalue weighted by atomic mass is 16.1. The molecule has 1 nitrogen and oxygen atoms in total. The number of Topliss-reactive ketones (excluding diaryl/α,β-unsaturated/α-hetero) is 1. The largest absolute Gasteiger partial charge is 0.294 e. The molecule has 0 atom stereocenters. The Kier molecular flexibility index (Phi) is 1.44. The van der Waals surface area contributed by atoms with Gasteiger partial charge in [0.05, 0.1) is 0 Å². The van der Waals surface area contributed by atoms with E-state index >= 15 is 0 Å². The maximum atomic E-state index is 12.5. The van der Waals surface area contributed by atoms with Crippen LogP contribution in [0.2, 0.25) is 0 Å². The van der Waals surface area contributed by atoms with Crippen LogP contribution in [0.25, 0.3) is 43.4 Å². The second kappa shape index (κ2) is 2.99. The van der Waals surface area contributed by atoms with Crippen LogP contribution in [0, 0.1) is 0 Å². The van der Waals surface area contributed by atoms with E-state index in [1.165, 1.54) is 49.0 Å². The van der Waals surface area contributed by atoms with Crippen molar-refractivity contribution in [3.8, 4) is 11.1 Å². The molecule has 0 heterocycles. The molecule has 0 N–H and O–H groups in total. The second-order valence-electron chi connectivity index (χ2n) is 6.11. The summed E-state index contributed by atoms with van der Waals surface area (Å²) in [5.74, 6) is 0.253. The normalized spacial score (nSPS) is 14.6. The summed E-state index contributed by atoms with van der Waals surface area (Å²) in [4.78, 5) is 12.5. The summed E-state index contributed by atoms with van der Waals surface area (Å²) in [6.45, 7) is 0. The van der Waals surface area contributed by atoms with E-state index in [2.05, 4.69) is 42.5 Å². The van der Waals surface area contributed by atoms with Gasteiger partial charge < -0.3 is 0 Å². The predicted molar refractivity (Wildman–Crippen MR) is 86.0 cm³/mol. The van der Waals surface area contributed by atoms with E-state index in [0.717, 1.165) is 5.56 Å². The lowest BCUT2D eigenvalue weighted by Gasteiger charge is -2.18. The van der Waals surface area contributed by atoms with E-state index < -0.39 is 0 Å². The lowest BCUT2D eigenvalue weighted by atomic mass is 9.84. The highest BCUT2D eigenvalue weighted by Gasteiger charge is 2.31. The minimum atomic E-state index is 0.253. The molecule has 2 aliphatic rings. The van der Waals surface area contributed by atoms with Gasteiger partial charge in [0.15, 0.2) is 5.78 Å². The highest BCUT2D eigenvalue weighted by Crippen LogP contribution is 2.52. The number of benzene rings is 4. The van der Waals surface area contributed by atoms with Gasteiger partial charge in [-0.05, 0) is 43.4 Å². The molecule has 4 aromatic carbocycles. The quantitative estimate of drug-likeness (QED) is 0.366. The Morgan fingerprint density at radius 3 is 1.95 bits per heavy atom. The molecule has 0 fully saturated rings.